The fourth-order valence-electron chi connectivity index (χ4n) is 2.16. The van der Waals surface area contributed by atoms with Crippen LogP contribution in [-0.4, -0.2) is 34.7 Å². The number of hydrogen-bond donors (Lipinski definition) is 1. The molecule has 19 heavy (non-hydrogen) atoms. The zero-order valence-electron chi connectivity index (χ0n) is 10.6. The number of nitro groups is 1. The standard InChI is InChI=1S/C13H15N3O3/c1-2-15(7-8-17)12-3-4-13(16(18)19)11-9-14-6-5-10(11)12/h3-6,9,17H,2,7-8H2,1H3. The first kappa shape index (κ1) is 13.2. The lowest BCUT2D eigenvalue weighted by atomic mass is 10.1. The van der Waals surface area contributed by atoms with E-state index in [4.69, 9.17) is 5.11 Å². The smallest absolute Gasteiger partial charge is 0.278 e. The van der Waals surface area contributed by atoms with E-state index in [9.17, 15) is 10.1 Å². The number of aromatic nitrogens is 1. The topological polar surface area (TPSA) is 79.5 Å². The Hall–Kier alpha value is -2.21. The molecule has 1 heterocycles. The van der Waals surface area contributed by atoms with E-state index in [0.29, 0.717) is 11.9 Å². The van der Waals surface area contributed by atoms with Crippen molar-refractivity contribution in [1.82, 2.24) is 4.98 Å². The highest BCUT2D eigenvalue weighted by Crippen LogP contribution is 2.32. The van der Waals surface area contributed by atoms with E-state index >= 15 is 0 Å². The molecule has 2 aromatic rings. The second kappa shape index (κ2) is 5.62. The number of nitro benzene ring substituents is 1. The Morgan fingerprint density at radius 3 is 2.79 bits per heavy atom. The van der Waals surface area contributed by atoms with Gasteiger partial charge in [-0.05, 0) is 19.1 Å². The van der Waals surface area contributed by atoms with Gasteiger partial charge in [-0.25, -0.2) is 0 Å². The quantitative estimate of drug-likeness (QED) is 0.657. The Kier molecular flexibility index (Phi) is 3.91. The van der Waals surface area contributed by atoms with Gasteiger partial charge in [-0.1, -0.05) is 0 Å². The first-order valence-electron chi connectivity index (χ1n) is 6.06. The molecule has 0 fully saturated rings. The summed E-state index contributed by atoms with van der Waals surface area (Å²) in [4.78, 5) is 16.5. The average molecular weight is 261 g/mol. The van der Waals surface area contributed by atoms with Crippen LogP contribution in [0.2, 0.25) is 0 Å². The molecule has 0 atom stereocenters. The number of likely N-dealkylation sites (N-methyl/N-ethyl adjacent to an activating group) is 1. The van der Waals surface area contributed by atoms with Crippen molar-refractivity contribution in [1.29, 1.82) is 0 Å². The van der Waals surface area contributed by atoms with E-state index in [1.807, 2.05) is 11.8 Å². The maximum Gasteiger partial charge on any atom is 0.278 e. The molecule has 0 aliphatic heterocycles. The maximum absolute atomic E-state index is 11.0. The van der Waals surface area contributed by atoms with Crippen LogP contribution in [-0.2, 0) is 0 Å². The number of benzene rings is 1. The van der Waals surface area contributed by atoms with Gasteiger partial charge in [-0.2, -0.15) is 0 Å². The molecule has 0 unspecified atom stereocenters. The Morgan fingerprint density at radius 2 is 2.16 bits per heavy atom. The summed E-state index contributed by atoms with van der Waals surface area (Å²) in [6.45, 7) is 3.23. The molecule has 2 rings (SSSR count). The minimum atomic E-state index is -0.407. The largest absolute Gasteiger partial charge is 0.395 e. The van der Waals surface area contributed by atoms with Gasteiger partial charge in [-0.15, -0.1) is 0 Å². The number of anilines is 1. The third-order valence-electron chi connectivity index (χ3n) is 3.06. The Morgan fingerprint density at radius 1 is 1.37 bits per heavy atom. The number of aliphatic hydroxyl groups is 1. The molecule has 1 N–H and O–H groups in total. The summed E-state index contributed by atoms with van der Waals surface area (Å²) in [5.74, 6) is 0. The van der Waals surface area contributed by atoms with Gasteiger partial charge in [0.1, 0.15) is 0 Å². The van der Waals surface area contributed by atoms with Crippen LogP contribution >= 0.6 is 0 Å². The molecular weight excluding hydrogens is 246 g/mol. The maximum atomic E-state index is 11.0. The third kappa shape index (κ3) is 2.48. The summed E-state index contributed by atoms with van der Waals surface area (Å²) in [5, 5.41) is 21.4. The highest BCUT2D eigenvalue weighted by atomic mass is 16.6. The van der Waals surface area contributed by atoms with Crippen molar-refractivity contribution in [2.24, 2.45) is 0 Å². The van der Waals surface area contributed by atoms with Crippen LogP contribution in [0, 0.1) is 10.1 Å². The lowest BCUT2D eigenvalue weighted by molar-refractivity contribution is -0.383. The number of fused-ring (bicyclic) bond motifs is 1. The predicted molar refractivity (Wildman–Crippen MR) is 73.4 cm³/mol. The van der Waals surface area contributed by atoms with E-state index in [2.05, 4.69) is 4.98 Å². The monoisotopic (exact) mass is 261 g/mol. The van der Waals surface area contributed by atoms with E-state index in [-0.39, 0.29) is 12.3 Å². The predicted octanol–water partition coefficient (Wildman–Crippen LogP) is 1.96. The zero-order valence-corrected chi connectivity index (χ0v) is 10.6. The van der Waals surface area contributed by atoms with Crippen LogP contribution in [0.25, 0.3) is 10.8 Å². The molecule has 1 aromatic heterocycles. The van der Waals surface area contributed by atoms with Crippen LogP contribution in [0.5, 0.6) is 0 Å². The summed E-state index contributed by atoms with van der Waals surface area (Å²) in [6, 6.07) is 4.97. The summed E-state index contributed by atoms with van der Waals surface area (Å²) < 4.78 is 0. The number of rotatable bonds is 5. The normalized spacial score (nSPS) is 10.6. The van der Waals surface area contributed by atoms with E-state index in [1.165, 1.54) is 12.3 Å². The minimum absolute atomic E-state index is 0.0391. The molecule has 0 bridgehead atoms. The highest BCUT2D eigenvalue weighted by molar-refractivity contribution is 5.99. The molecule has 6 nitrogen and oxygen atoms in total. The van der Waals surface area contributed by atoms with Gasteiger partial charge >= 0.3 is 0 Å². The summed E-state index contributed by atoms with van der Waals surface area (Å²) in [5.41, 5.74) is 0.923. The fourth-order valence-corrected chi connectivity index (χ4v) is 2.16. The van der Waals surface area contributed by atoms with Crippen LogP contribution in [0.4, 0.5) is 11.4 Å². The zero-order chi connectivity index (χ0) is 13.8. The molecule has 0 saturated heterocycles. The van der Waals surface area contributed by atoms with Crippen LogP contribution in [0.3, 0.4) is 0 Å². The van der Waals surface area contributed by atoms with Crippen molar-refractivity contribution in [3.63, 3.8) is 0 Å². The van der Waals surface area contributed by atoms with Gasteiger partial charge in [0, 0.05) is 42.6 Å². The van der Waals surface area contributed by atoms with Crippen molar-refractivity contribution in [3.05, 3.63) is 40.7 Å². The molecule has 0 saturated carbocycles. The van der Waals surface area contributed by atoms with Crippen molar-refractivity contribution in [3.8, 4) is 0 Å². The minimum Gasteiger partial charge on any atom is -0.395 e. The fraction of sp³-hybridized carbons (Fsp3) is 0.308. The molecule has 1 aromatic carbocycles. The SMILES string of the molecule is CCN(CCO)c1ccc([N+](=O)[O-])c2cnccc12. The number of hydrogen-bond acceptors (Lipinski definition) is 5. The van der Waals surface area contributed by atoms with Crippen molar-refractivity contribution >= 4 is 22.1 Å². The summed E-state index contributed by atoms with van der Waals surface area (Å²) in [7, 11) is 0. The first-order valence-corrected chi connectivity index (χ1v) is 6.06. The van der Waals surface area contributed by atoms with Gasteiger partial charge in [0.2, 0.25) is 0 Å². The molecule has 0 radical (unpaired) electrons. The molecule has 0 aliphatic carbocycles. The summed E-state index contributed by atoms with van der Waals surface area (Å²) in [6.07, 6.45) is 3.12. The van der Waals surface area contributed by atoms with Gasteiger partial charge in [0.15, 0.2) is 0 Å². The Bertz CT molecular complexity index is 601. The van der Waals surface area contributed by atoms with Gasteiger partial charge in [0.05, 0.1) is 16.9 Å². The highest BCUT2D eigenvalue weighted by Gasteiger charge is 2.16. The van der Waals surface area contributed by atoms with E-state index < -0.39 is 4.92 Å². The van der Waals surface area contributed by atoms with E-state index in [0.717, 1.165) is 17.6 Å². The summed E-state index contributed by atoms with van der Waals surface area (Å²) >= 11 is 0. The van der Waals surface area contributed by atoms with Gasteiger partial charge in [-0.3, -0.25) is 15.1 Å². The molecule has 0 amide bonds. The second-order valence-corrected chi connectivity index (χ2v) is 4.09. The van der Waals surface area contributed by atoms with Crippen molar-refractivity contribution < 1.29 is 10.0 Å². The lowest BCUT2D eigenvalue weighted by Gasteiger charge is -2.23. The Labute approximate surface area is 110 Å². The number of nitrogens with zero attached hydrogens (tertiary/aromatic N) is 3. The van der Waals surface area contributed by atoms with E-state index in [1.54, 1.807) is 18.3 Å². The second-order valence-electron chi connectivity index (χ2n) is 4.09. The lowest BCUT2D eigenvalue weighted by Crippen LogP contribution is -2.26. The average Bonchev–Trinajstić information content (AvgIpc) is 2.43. The van der Waals surface area contributed by atoms with Gasteiger partial charge < -0.3 is 10.0 Å². The number of non-ortho nitro benzene ring substituents is 1. The molecule has 100 valence electrons. The molecule has 0 aliphatic rings. The number of pyridine rings is 1. The number of aliphatic hydroxyl groups excluding tert-OH is 1. The van der Waals surface area contributed by atoms with Crippen LogP contribution in [0.15, 0.2) is 30.6 Å². The molecule has 6 heteroatoms. The van der Waals surface area contributed by atoms with Crippen molar-refractivity contribution in [2.45, 2.75) is 6.92 Å². The Balaban J connectivity index is 2.64. The third-order valence-corrected chi connectivity index (χ3v) is 3.06. The van der Waals surface area contributed by atoms with Crippen LogP contribution < -0.4 is 4.90 Å². The molecule has 0 spiro atoms. The molecular formula is C13H15N3O3. The van der Waals surface area contributed by atoms with Crippen molar-refractivity contribution in [2.75, 3.05) is 24.6 Å². The van der Waals surface area contributed by atoms with Crippen LogP contribution in [0.1, 0.15) is 6.92 Å². The first-order chi connectivity index (χ1) is 9.19. The van der Waals surface area contributed by atoms with Gasteiger partial charge in [0.25, 0.3) is 5.69 Å².